The van der Waals surface area contributed by atoms with E-state index in [4.69, 9.17) is 10.0 Å². The monoisotopic (exact) mass is 232 g/mol. The second-order valence-electron chi connectivity index (χ2n) is 2.71. The average molecular weight is 232 g/mol. The fourth-order valence-electron chi connectivity index (χ4n) is 0.896. The van der Waals surface area contributed by atoms with Gasteiger partial charge in [-0.1, -0.05) is 6.07 Å². The molecule has 0 fully saturated rings. The molecule has 82 valence electrons. The van der Waals surface area contributed by atoms with E-state index in [1.54, 1.807) is 0 Å². The molecule has 15 heavy (non-hydrogen) atoms. The predicted octanol–water partition coefficient (Wildman–Crippen LogP) is -0.627. The highest BCUT2D eigenvalue weighted by molar-refractivity contribution is 7.86. The van der Waals surface area contributed by atoms with Gasteiger partial charge >= 0.3 is 17.4 Å². The summed E-state index contributed by atoms with van der Waals surface area (Å²) in [4.78, 5) is 0. The molecule has 0 heterocycles. The molecule has 0 aliphatic heterocycles. The molecule has 1 aromatic carbocycles. The minimum Gasteiger partial charge on any atom is -0.512 e. The third-order valence-electron chi connectivity index (χ3n) is 1.29. The zero-order valence-electron chi connectivity index (χ0n) is 7.82. The Morgan fingerprint density at radius 1 is 1.27 bits per heavy atom. The fourth-order valence-corrected chi connectivity index (χ4v) is 1.35. The van der Waals surface area contributed by atoms with Crippen molar-refractivity contribution in [2.75, 3.05) is 6.26 Å². The van der Waals surface area contributed by atoms with Crippen molar-refractivity contribution in [3.05, 3.63) is 24.3 Å². The summed E-state index contributed by atoms with van der Waals surface area (Å²) < 4.78 is 30.6. The van der Waals surface area contributed by atoms with Gasteiger partial charge in [-0.2, -0.15) is 8.42 Å². The van der Waals surface area contributed by atoms with Crippen molar-refractivity contribution in [2.24, 2.45) is 0 Å². The molecule has 0 saturated heterocycles. The lowest BCUT2D eigenvalue weighted by Crippen LogP contribution is -2.20. The van der Waals surface area contributed by atoms with Gasteiger partial charge in [-0.25, -0.2) is 0 Å². The van der Waals surface area contributed by atoms with E-state index in [1.807, 2.05) is 0 Å². The van der Waals surface area contributed by atoms with Crippen LogP contribution < -0.4 is 8.84 Å². The largest absolute Gasteiger partial charge is 0.707 e. The predicted molar refractivity (Wildman–Crippen MR) is 52.7 cm³/mol. The first kappa shape index (κ1) is 11.8. The molecule has 0 aliphatic rings. The second-order valence-corrected chi connectivity index (χ2v) is 4.28. The first-order valence-corrected chi connectivity index (χ1v) is 5.71. The topological polar surface area (TPSA) is 93.1 Å². The summed E-state index contributed by atoms with van der Waals surface area (Å²) >= 11 is 0. The van der Waals surface area contributed by atoms with Gasteiger partial charge < -0.3 is 18.9 Å². The molecule has 2 N–H and O–H groups in total. The highest BCUT2D eigenvalue weighted by Crippen LogP contribution is 2.20. The van der Waals surface area contributed by atoms with Gasteiger partial charge in [0, 0.05) is 6.07 Å². The standard InChI is InChI=1S/C7H9BO6S/c1-15(11,12)14-7-4-2-3-6(5-7)13-8(9)10/h2-5,9-10H,1H3. The van der Waals surface area contributed by atoms with E-state index in [2.05, 4.69) is 8.84 Å². The van der Waals surface area contributed by atoms with Crippen molar-refractivity contribution in [3.8, 4) is 11.5 Å². The zero-order chi connectivity index (χ0) is 11.5. The molecule has 0 unspecified atom stereocenters. The van der Waals surface area contributed by atoms with Gasteiger partial charge in [0.2, 0.25) is 0 Å². The van der Waals surface area contributed by atoms with Gasteiger partial charge in [0.1, 0.15) is 11.5 Å². The van der Waals surface area contributed by atoms with E-state index in [-0.39, 0.29) is 11.5 Å². The summed E-state index contributed by atoms with van der Waals surface area (Å²) in [5.74, 6) is 0.127. The Balaban J connectivity index is 2.83. The Labute approximate surface area is 87.4 Å². The van der Waals surface area contributed by atoms with E-state index in [0.717, 1.165) is 6.26 Å². The fraction of sp³-hybridized carbons (Fsp3) is 0.143. The molecule has 0 radical (unpaired) electrons. The molecule has 8 heteroatoms. The van der Waals surface area contributed by atoms with Crippen LogP contribution in [0.1, 0.15) is 0 Å². The molecular weight excluding hydrogens is 223 g/mol. The zero-order valence-corrected chi connectivity index (χ0v) is 8.64. The van der Waals surface area contributed by atoms with Gasteiger partial charge in [0.25, 0.3) is 0 Å². The molecule has 1 aromatic rings. The van der Waals surface area contributed by atoms with E-state index in [9.17, 15) is 8.42 Å². The quantitative estimate of drug-likeness (QED) is 0.530. The van der Waals surface area contributed by atoms with Crippen molar-refractivity contribution in [1.29, 1.82) is 0 Å². The molecule has 0 aliphatic carbocycles. The summed E-state index contributed by atoms with van der Waals surface area (Å²) in [7, 11) is -5.56. The summed E-state index contributed by atoms with van der Waals surface area (Å²) in [6.07, 6.45) is 0.904. The van der Waals surface area contributed by atoms with Crippen LogP contribution in [0.3, 0.4) is 0 Å². The van der Waals surface area contributed by atoms with Crippen LogP contribution in [-0.2, 0) is 10.1 Å². The van der Waals surface area contributed by atoms with Crippen LogP contribution in [0.25, 0.3) is 0 Å². The minimum atomic E-state index is -3.60. The summed E-state index contributed by atoms with van der Waals surface area (Å²) in [5.41, 5.74) is 0. The van der Waals surface area contributed by atoms with Crippen LogP contribution >= 0.6 is 0 Å². The SMILES string of the molecule is CS(=O)(=O)Oc1cccc(OB(O)O)c1. The molecule has 0 saturated carbocycles. The van der Waals surface area contributed by atoms with Crippen LogP contribution in [-0.4, -0.2) is 32.0 Å². The van der Waals surface area contributed by atoms with Gasteiger partial charge in [-0.05, 0) is 12.1 Å². The molecule has 0 atom stereocenters. The van der Waals surface area contributed by atoms with E-state index < -0.39 is 17.4 Å². The lowest BCUT2D eigenvalue weighted by atomic mass is 10.2. The van der Waals surface area contributed by atoms with Crippen molar-refractivity contribution in [2.45, 2.75) is 0 Å². The summed E-state index contributed by atoms with van der Waals surface area (Å²) in [6.45, 7) is 0. The van der Waals surface area contributed by atoms with Gasteiger partial charge in [0.05, 0.1) is 6.26 Å². The number of hydrogen-bond donors (Lipinski definition) is 2. The van der Waals surface area contributed by atoms with E-state index in [1.165, 1.54) is 24.3 Å². The second kappa shape index (κ2) is 4.52. The normalized spacial score (nSPS) is 10.9. The molecule has 6 nitrogen and oxygen atoms in total. The van der Waals surface area contributed by atoms with Crippen LogP contribution in [0.15, 0.2) is 24.3 Å². The van der Waals surface area contributed by atoms with Gasteiger partial charge in [-0.15, -0.1) is 0 Å². The highest BCUT2D eigenvalue weighted by atomic mass is 32.2. The first-order chi connectivity index (χ1) is 6.87. The molecule has 1 rings (SSSR count). The number of rotatable bonds is 4. The van der Waals surface area contributed by atoms with Crippen LogP contribution in [0.4, 0.5) is 0 Å². The lowest BCUT2D eigenvalue weighted by Gasteiger charge is -2.06. The van der Waals surface area contributed by atoms with Crippen molar-refractivity contribution >= 4 is 17.4 Å². The maximum absolute atomic E-state index is 10.8. The Bertz CT molecular complexity index is 429. The molecule has 0 bridgehead atoms. The van der Waals surface area contributed by atoms with Crippen molar-refractivity contribution in [3.63, 3.8) is 0 Å². The highest BCUT2D eigenvalue weighted by Gasteiger charge is 2.12. The number of benzene rings is 1. The Morgan fingerprint density at radius 3 is 2.40 bits per heavy atom. The van der Waals surface area contributed by atoms with Crippen molar-refractivity contribution < 1.29 is 27.3 Å². The van der Waals surface area contributed by atoms with Gasteiger partial charge in [0.15, 0.2) is 0 Å². The maximum Gasteiger partial charge on any atom is 0.707 e. The van der Waals surface area contributed by atoms with Crippen LogP contribution in [0, 0.1) is 0 Å². The summed E-state index contributed by atoms with van der Waals surface area (Å²) in [6, 6.07) is 5.50. The smallest absolute Gasteiger partial charge is 0.512 e. The molecular formula is C7H9BO6S. The van der Waals surface area contributed by atoms with E-state index in [0.29, 0.717) is 0 Å². The van der Waals surface area contributed by atoms with Gasteiger partial charge in [-0.3, -0.25) is 0 Å². The molecule has 0 spiro atoms. The Hall–Kier alpha value is -1.25. The molecule has 0 amide bonds. The van der Waals surface area contributed by atoms with Crippen LogP contribution in [0.2, 0.25) is 0 Å². The first-order valence-electron chi connectivity index (χ1n) is 3.89. The third kappa shape index (κ3) is 4.68. The Kier molecular flexibility index (Phi) is 3.56. The van der Waals surface area contributed by atoms with Crippen molar-refractivity contribution in [1.82, 2.24) is 0 Å². The molecule has 0 aromatic heterocycles. The Morgan fingerprint density at radius 2 is 1.87 bits per heavy atom. The van der Waals surface area contributed by atoms with Crippen LogP contribution in [0.5, 0.6) is 11.5 Å². The average Bonchev–Trinajstić information content (AvgIpc) is 1.99. The van der Waals surface area contributed by atoms with E-state index >= 15 is 0 Å². The third-order valence-corrected chi connectivity index (χ3v) is 1.79. The summed E-state index contributed by atoms with van der Waals surface area (Å²) in [5, 5.41) is 17.0. The minimum absolute atomic E-state index is 0.0376. The number of hydrogen-bond acceptors (Lipinski definition) is 6. The maximum atomic E-state index is 10.8. The lowest BCUT2D eigenvalue weighted by molar-refractivity contribution is 0.288.